The molecule has 0 unspecified atom stereocenters. The standard InChI is InChI=1S/C64H41N5/c1-4-15-43(16-5-1)56-40-50(41-57(66-56)44-17-6-2-7-18-44)69-58-23-12-10-21-51(58)53-33-28-47(39-63(53)69)46-30-34-60-54(37-46)52-22-11-13-24-59(52)67(60)49-31-26-42(27-32-49)45-29-35-61-55(38-45)64-62(25-14-36-65-64)68(61)48-19-8-3-9-20-48/h1-41H. The quantitative estimate of drug-likeness (QED) is 0.160. The number of aromatic nitrogens is 5. The minimum atomic E-state index is 0.938. The van der Waals surface area contributed by atoms with Gasteiger partial charge in [-0.2, -0.15) is 0 Å². The van der Waals surface area contributed by atoms with Crippen molar-refractivity contribution >= 4 is 65.5 Å². The molecular formula is C64H41N5. The average Bonchev–Trinajstić information content (AvgIpc) is 4.06. The minimum Gasteiger partial charge on any atom is -0.309 e. The second-order valence-electron chi connectivity index (χ2n) is 17.8. The van der Waals surface area contributed by atoms with Gasteiger partial charge in [0.05, 0.1) is 55.7 Å². The zero-order valence-corrected chi connectivity index (χ0v) is 37.4. The number of hydrogen-bond donors (Lipinski definition) is 0. The molecule has 14 aromatic rings. The van der Waals surface area contributed by atoms with Gasteiger partial charge in [-0.05, 0) is 113 Å². The van der Waals surface area contributed by atoms with Gasteiger partial charge in [0.25, 0.3) is 0 Å². The number of rotatable bonds is 7. The normalized spacial score (nSPS) is 11.8. The fourth-order valence-electron chi connectivity index (χ4n) is 10.7. The van der Waals surface area contributed by atoms with Crippen LogP contribution in [-0.2, 0) is 0 Å². The lowest BCUT2D eigenvalue weighted by molar-refractivity contribution is 1.16. The molecule has 5 heteroatoms. The number of nitrogens with zero attached hydrogens (tertiary/aromatic N) is 5. The van der Waals surface area contributed by atoms with E-state index in [1.165, 1.54) is 38.1 Å². The fraction of sp³-hybridized carbons (Fsp3) is 0. The highest BCUT2D eigenvalue weighted by atomic mass is 15.0. The summed E-state index contributed by atoms with van der Waals surface area (Å²) in [7, 11) is 0. The van der Waals surface area contributed by atoms with Crippen molar-refractivity contribution in [1.82, 2.24) is 23.7 Å². The van der Waals surface area contributed by atoms with Crippen LogP contribution in [0.2, 0.25) is 0 Å². The van der Waals surface area contributed by atoms with Gasteiger partial charge in [-0.3, -0.25) is 4.98 Å². The summed E-state index contributed by atoms with van der Waals surface area (Å²) in [4.78, 5) is 10.1. The summed E-state index contributed by atoms with van der Waals surface area (Å²) in [6, 6.07) is 87.3. The molecule has 0 radical (unpaired) electrons. The molecule has 5 aromatic heterocycles. The third-order valence-corrected chi connectivity index (χ3v) is 13.9. The molecule has 322 valence electrons. The van der Waals surface area contributed by atoms with E-state index >= 15 is 0 Å². The molecule has 0 saturated heterocycles. The molecule has 0 atom stereocenters. The summed E-state index contributed by atoms with van der Waals surface area (Å²) in [5.74, 6) is 0. The summed E-state index contributed by atoms with van der Waals surface area (Å²) in [5, 5.41) is 6.01. The van der Waals surface area contributed by atoms with Crippen molar-refractivity contribution in [1.29, 1.82) is 0 Å². The van der Waals surface area contributed by atoms with Gasteiger partial charge in [-0.25, -0.2) is 4.98 Å². The first-order chi connectivity index (χ1) is 34.2. The largest absolute Gasteiger partial charge is 0.309 e. The van der Waals surface area contributed by atoms with Crippen LogP contribution in [0.15, 0.2) is 249 Å². The molecule has 0 aliphatic heterocycles. The Balaban J connectivity index is 0.873. The molecule has 5 heterocycles. The first kappa shape index (κ1) is 38.9. The van der Waals surface area contributed by atoms with Crippen LogP contribution in [-0.4, -0.2) is 23.7 Å². The van der Waals surface area contributed by atoms with Crippen LogP contribution in [0.1, 0.15) is 0 Å². The Hall–Kier alpha value is -9.32. The molecular weight excluding hydrogens is 839 g/mol. The van der Waals surface area contributed by atoms with Crippen LogP contribution in [0.5, 0.6) is 0 Å². The second-order valence-corrected chi connectivity index (χ2v) is 17.8. The van der Waals surface area contributed by atoms with Crippen molar-refractivity contribution < 1.29 is 0 Å². The van der Waals surface area contributed by atoms with E-state index in [1.807, 2.05) is 12.3 Å². The van der Waals surface area contributed by atoms with Crippen LogP contribution < -0.4 is 0 Å². The number of benzene rings is 9. The van der Waals surface area contributed by atoms with Gasteiger partial charge in [-0.15, -0.1) is 0 Å². The van der Waals surface area contributed by atoms with Crippen LogP contribution in [0.25, 0.3) is 127 Å². The van der Waals surface area contributed by atoms with Crippen molar-refractivity contribution in [2.24, 2.45) is 0 Å². The molecule has 0 N–H and O–H groups in total. The molecule has 0 spiro atoms. The van der Waals surface area contributed by atoms with Gasteiger partial charge in [-0.1, -0.05) is 152 Å². The maximum atomic E-state index is 5.22. The number of para-hydroxylation sites is 3. The predicted octanol–water partition coefficient (Wildman–Crippen LogP) is 16.4. The van der Waals surface area contributed by atoms with Crippen molar-refractivity contribution in [3.63, 3.8) is 0 Å². The lowest BCUT2D eigenvalue weighted by atomic mass is 10.0. The number of fused-ring (bicyclic) bond motifs is 9. The molecule has 0 aliphatic carbocycles. The van der Waals surface area contributed by atoms with Gasteiger partial charge in [0, 0.05) is 55.6 Å². The Morgan fingerprint density at radius 3 is 1.38 bits per heavy atom. The van der Waals surface area contributed by atoms with E-state index in [0.717, 1.165) is 89.2 Å². The summed E-state index contributed by atoms with van der Waals surface area (Å²) in [6.07, 6.45) is 1.89. The topological polar surface area (TPSA) is 40.6 Å². The Kier molecular flexibility index (Phi) is 8.83. The van der Waals surface area contributed by atoms with Crippen LogP contribution in [0, 0.1) is 0 Å². The highest BCUT2D eigenvalue weighted by molar-refractivity contribution is 6.13. The molecule has 69 heavy (non-hydrogen) atoms. The Morgan fingerprint density at radius 1 is 0.246 bits per heavy atom. The summed E-state index contributed by atoms with van der Waals surface area (Å²) in [6.45, 7) is 0. The summed E-state index contributed by atoms with van der Waals surface area (Å²) >= 11 is 0. The molecule has 9 aromatic carbocycles. The zero-order valence-electron chi connectivity index (χ0n) is 37.4. The van der Waals surface area contributed by atoms with E-state index in [0.29, 0.717) is 0 Å². The SMILES string of the molecule is c1ccc(-c2cc(-n3c4ccccc4c4ccc(-c5ccc6c(c5)c5ccccc5n6-c5ccc(-c6ccc7c(c6)c6ncccc6n7-c6ccccc6)cc5)cc43)cc(-c3ccccc3)n2)cc1. The molecule has 14 rings (SSSR count). The highest BCUT2D eigenvalue weighted by Gasteiger charge is 2.19. The molecule has 0 aliphatic rings. The number of pyridine rings is 2. The Morgan fingerprint density at radius 2 is 0.696 bits per heavy atom. The van der Waals surface area contributed by atoms with Gasteiger partial charge in [0.15, 0.2) is 0 Å². The monoisotopic (exact) mass is 879 g/mol. The first-order valence-electron chi connectivity index (χ1n) is 23.5. The van der Waals surface area contributed by atoms with Gasteiger partial charge < -0.3 is 13.7 Å². The van der Waals surface area contributed by atoms with Crippen LogP contribution >= 0.6 is 0 Å². The van der Waals surface area contributed by atoms with Crippen LogP contribution in [0.3, 0.4) is 0 Å². The minimum absolute atomic E-state index is 0.938. The van der Waals surface area contributed by atoms with Gasteiger partial charge in [0.2, 0.25) is 0 Å². The molecule has 5 nitrogen and oxygen atoms in total. The summed E-state index contributed by atoms with van der Waals surface area (Å²) < 4.78 is 7.13. The fourth-order valence-corrected chi connectivity index (χ4v) is 10.7. The zero-order chi connectivity index (χ0) is 45.4. The lowest BCUT2D eigenvalue weighted by Gasteiger charge is -2.14. The molecule has 0 amide bonds. The van der Waals surface area contributed by atoms with E-state index in [9.17, 15) is 0 Å². The smallest absolute Gasteiger partial charge is 0.0963 e. The Labute approximate surface area is 398 Å². The highest BCUT2D eigenvalue weighted by Crippen LogP contribution is 2.40. The van der Waals surface area contributed by atoms with Crippen molar-refractivity contribution in [3.8, 4) is 61.8 Å². The van der Waals surface area contributed by atoms with Gasteiger partial charge in [0.1, 0.15) is 0 Å². The summed E-state index contributed by atoms with van der Waals surface area (Å²) in [5.41, 5.74) is 19.9. The van der Waals surface area contributed by atoms with E-state index in [2.05, 4.69) is 250 Å². The maximum Gasteiger partial charge on any atom is 0.0963 e. The van der Waals surface area contributed by atoms with E-state index in [4.69, 9.17) is 9.97 Å². The van der Waals surface area contributed by atoms with E-state index in [-0.39, 0.29) is 0 Å². The number of hydrogen-bond acceptors (Lipinski definition) is 2. The van der Waals surface area contributed by atoms with E-state index in [1.54, 1.807) is 0 Å². The van der Waals surface area contributed by atoms with Gasteiger partial charge >= 0.3 is 0 Å². The molecule has 0 fully saturated rings. The lowest BCUT2D eigenvalue weighted by Crippen LogP contribution is -1.98. The maximum absolute atomic E-state index is 5.22. The average molecular weight is 880 g/mol. The van der Waals surface area contributed by atoms with E-state index < -0.39 is 0 Å². The van der Waals surface area contributed by atoms with Crippen molar-refractivity contribution in [2.45, 2.75) is 0 Å². The van der Waals surface area contributed by atoms with Crippen LogP contribution in [0.4, 0.5) is 0 Å². The molecule has 0 bridgehead atoms. The second kappa shape index (κ2) is 15.7. The third kappa shape index (κ3) is 6.32. The van der Waals surface area contributed by atoms with Crippen molar-refractivity contribution in [3.05, 3.63) is 249 Å². The first-order valence-corrected chi connectivity index (χ1v) is 23.5. The third-order valence-electron chi connectivity index (χ3n) is 13.9. The predicted molar refractivity (Wildman–Crippen MR) is 287 cm³/mol. The van der Waals surface area contributed by atoms with Crippen molar-refractivity contribution in [2.75, 3.05) is 0 Å². The Bertz CT molecular complexity index is 4220. The molecule has 0 saturated carbocycles.